The van der Waals surface area contributed by atoms with Gasteiger partial charge in [-0.05, 0) is 43.5 Å². The zero-order valence-corrected chi connectivity index (χ0v) is 21.2. The normalized spacial score (nSPS) is 22.0. The van der Waals surface area contributed by atoms with Crippen LogP contribution in [0.1, 0.15) is 36.2 Å². The predicted molar refractivity (Wildman–Crippen MR) is 137 cm³/mol. The summed E-state index contributed by atoms with van der Waals surface area (Å²) in [6, 6.07) is 10.1. The summed E-state index contributed by atoms with van der Waals surface area (Å²) >= 11 is 0. The highest BCUT2D eigenvalue weighted by Crippen LogP contribution is 2.43. The molecule has 3 heterocycles. The fraction of sp³-hybridized carbons (Fsp3) is 0.464. The van der Waals surface area contributed by atoms with Gasteiger partial charge in [0.15, 0.2) is 0 Å². The molecule has 38 heavy (non-hydrogen) atoms. The van der Waals surface area contributed by atoms with E-state index in [0.717, 1.165) is 16.5 Å². The number of H-pyrrole nitrogens is 1. The molecule has 3 aromatic rings. The van der Waals surface area contributed by atoms with Gasteiger partial charge in [-0.1, -0.05) is 18.2 Å². The average Bonchev–Trinajstić information content (AvgIpc) is 3.24. The Morgan fingerprint density at radius 2 is 1.92 bits per heavy atom. The van der Waals surface area contributed by atoms with Crippen LogP contribution in [0.3, 0.4) is 0 Å². The van der Waals surface area contributed by atoms with E-state index in [4.69, 9.17) is 0 Å². The van der Waals surface area contributed by atoms with E-state index in [1.807, 2.05) is 31.2 Å². The molecule has 1 aromatic heterocycles. The van der Waals surface area contributed by atoms with Crippen molar-refractivity contribution in [1.82, 2.24) is 14.8 Å². The number of nitrogens with one attached hydrogen (secondary N) is 2. The zero-order chi connectivity index (χ0) is 27.0. The highest BCUT2D eigenvalue weighted by atomic mass is 19.1. The monoisotopic (exact) mass is 529 g/mol. The number of aliphatic hydroxyl groups excluding tert-OH is 1. The maximum atomic E-state index is 15.8. The first-order valence-corrected chi connectivity index (χ1v) is 12.9. The van der Waals surface area contributed by atoms with Gasteiger partial charge >= 0.3 is 0 Å². The Morgan fingerprint density at radius 3 is 2.58 bits per heavy atom. The van der Waals surface area contributed by atoms with E-state index in [9.17, 15) is 14.8 Å². The van der Waals surface area contributed by atoms with Crippen LogP contribution in [-0.2, 0) is 6.42 Å². The highest BCUT2D eigenvalue weighted by molar-refractivity contribution is 5.85. The fourth-order valence-electron chi connectivity index (χ4n) is 5.77. The number of alkyl halides is 2. The van der Waals surface area contributed by atoms with Crippen molar-refractivity contribution in [3.05, 3.63) is 64.9 Å². The topological polar surface area (TPSA) is 78.3 Å². The Hall–Kier alpha value is -3.13. The van der Waals surface area contributed by atoms with Gasteiger partial charge in [-0.3, -0.25) is 14.2 Å². The number of aromatic nitrogens is 1. The predicted octanol–water partition coefficient (Wildman–Crippen LogP) is 4.46. The summed E-state index contributed by atoms with van der Waals surface area (Å²) in [6.45, 7) is 1.86. The number of benzene rings is 2. The minimum atomic E-state index is -2.59. The van der Waals surface area contributed by atoms with Gasteiger partial charge in [-0.15, -0.1) is 0 Å². The molecule has 0 amide bonds. The third kappa shape index (κ3) is 4.86. The molecule has 6 nitrogen and oxygen atoms in total. The van der Waals surface area contributed by atoms with Gasteiger partial charge in [0.1, 0.15) is 17.7 Å². The number of aliphatic hydroxyl groups is 1. The Balaban J connectivity index is 1.51. The molecule has 10 heteroatoms. The van der Waals surface area contributed by atoms with Gasteiger partial charge in [0, 0.05) is 60.1 Å². The number of hydrogen-bond acceptors (Lipinski definition) is 5. The number of nitrogens with zero attached hydrogens (tertiary/aromatic N) is 3. The van der Waals surface area contributed by atoms with Crippen LogP contribution in [0.4, 0.5) is 23.2 Å². The molecule has 2 aliphatic heterocycles. The summed E-state index contributed by atoms with van der Waals surface area (Å²) in [6.07, 6.45) is 0.936. The van der Waals surface area contributed by atoms with E-state index in [0.29, 0.717) is 43.9 Å². The summed E-state index contributed by atoms with van der Waals surface area (Å²) in [7, 11) is 0. The number of rotatable bonds is 9. The molecule has 0 radical (unpaired) electrons. The first-order chi connectivity index (χ1) is 18.3. The average molecular weight is 530 g/mol. The second-order valence-electron chi connectivity index (χ2n) is 10.4. The molecule has 0 saturated carbocycles. The van der Waals surface area contributed by atoms with Crippen LogP contribution in [-0.4, -0.2) is 77.1 Å². The van der Waals surface area contributed by atoms with Crippen LogP contribution in [0.2, 0.25) is 0 Å². The van der Waals surface area contributed by atoms with E-state index in [1.54, 1.807) is 4.90 Å². The van der Waals surface area contributed by atoms with Gasteiger partial charge in [-0.25, -0.2) is 13.2 Å². The Morgan fingerprint density at radius 1 is 1.21 bits per heavy atom. The summed E-state index contributed by atoms with van der Waals surface area (Å²) < 4.78 is 59.1. The fourth-order valence-corrected chi connectivity index (χ4v) is 5.77. The lowest BCUT2D eigenvalue weighted by atomic mass is 9.87. The lowest BCUT2D eigenvalue weighted by Crippen LogP contribution is -2.54. The molecule has 0 aliphatic carbocycles. The number of para-hydroxylation sites is 1. The molecular weight excluding hydrogens is 498 g/mol. The van der Waals surface area contributed by atoms with Crippen LogP contribution < -0.4 is 5.32 Å². The molecule has 3 atom stereocenters. The zero-order valence-electron chi connectivity index (χ0n) is 21.2. The number of anilines is 1. The summed E-state index contributed by atoms with van der Waals surface area (Å²) in [4.78, 5) is 6.91. The van der Waals surface area contributed by atoms with Crippen molar-refractivity contribution in [3.63, 3.8) is 0 Å². The Kier molecular flexibility index (Phi) is 7.36. The van der Waals surface area contributed by atoms with E-state index in [-0.39, 0.29) is 24.3 Å². The number of nitriles is 1. The van der Waals surface area contributed by atoms with Crippen molar-refractivity contribution < 1.29 is 22.7 Å². The van der Waals surface area contributed by atoms with E-state index in [1.165, 1.54) is 18.2 Å². The van der Waals surface area contributed by atoms with Crippen molar-refractivity contribution in [3.8, 4) is 6.07 Å². The van der Waals surface area contributed by atoms with Gasteiger partial charge in [0.2, 0.25) is 5.67 Å². The quantitative estimate of drug-likeness (QED) is 0.357. The van der Waals surface area contributed by atoms with Crippen LogP contribution in [0.15, 0.2) is 36.4 Å². The third-order valence-electron chi connectivity index (χ3n) is 7.69. The van der Waals surface area contributed by atoms with Crippen molar-refractivity contribution in [2.24, 2.45) is 0 Å². The second kappa shape index (κ2) is 10.6. The summed E-state index contributed by atoms with van der Waals surface area (Å²) in [5.74, 6) is -1.58. The third-order valence-corrected chi connectivity index (χ3v) is 7.69. The molecule has 1 fully saturated rings. The lowest BCUT2D eigenvalue weighted by molar-refractivity contribution is 0.0383. The summed E-state index contributed by atoms with van der Waals surface area (Å²) in [5.41, 5.74) is -0.313. The minimum absolute atomic E-state index is 0.00175. The maximum Gasteiger partial charge on any atom is 0.231 e. The number of fused-ring (bicyclic) bond motifs is 3. The van der Waals surface area contributed by atoms with Crippen LogP contribution in [0.25, 0.3) is 10.9 Å². The molecule has 2 unspecified atom stereocenters. The van der Waals surface area contributed by atoms with E-state index >= 15 is 13.2 Å². The van der Waals surface area contributed by atoms with Gasteiger partial charge in [-0.2, -0.15) is 5.26 Å². The van der Waals surface area contributed by atoms with Crippen LogP contribution in [0, 0.1) is 23.0 Å². The lowest BCUT2D eigenvalue weighted by Gasteiger charge is -2.43. The van der Waals surface area contributed by atoms with Crippen molar-refractivity contribution in [2.75, 3.05) is 44.8 Å². The molecule has 0 bridgehead atoms. The number of aromatic amines is 1. The van der Waals surface area contributed by atoms with Crippen LogP contribution >= 0.6 is 0 Å². The Bertz CT molecular complexity index is 1330. The second-order valence-corrected chi connectivity index (χ2v) is 10.4. The standard InChI is InChI=1S/C28H31F4N5O/c1-17-9-21-20-5-2-3-6-24(20)35-26(21)27(37(17)15-28(32,14-33)16-38)25-22(30)10-18(11-23(25)31)34-19-12-36(13-19)8-4-7-29/h2-3,5-6,10-11,17,19,27,34-35,38H,4,7-9,12-13,15-16H2,1H3/t17-,27?,28?/m1/s1. The van der Waals surface area contributed by atoms with E-state index in [2.05, 4.69) is 15.2 Å². The molecule has 0 spiro atoms. The molecule has 3 N–H and O–H groups in total. The first-order valence-electron chi connectivity index (χ1n) is 12.9. The Labute approximate surface area is 218 Å². The van der Waals surface area contributed by atoms with E-state index < -0.39 is 36.5 Å². The maximum absolute atomic E-state index is 15.8. The molecule has 202 valence electrons. The van der Waals surface area contributed by atoms with Crippen molar-refractivity contribution >= 4 is 16.6 Å². The first kappa shape index (κ1) is 26.5. The smallest absolute Gasteiger partial charge is 0.231 e. The highest BCUT2D eigenvalue weighted by Gasteiger charge is 2.43. The summed E-state index contributed by atoms with van der Waals surface area (Å²) in [5, 5.41) is 23.0. The van der Waals surface area contributed by atoms with Crippen molar-refractivity contribution in [2.45, 2.75) is 43.6 Å². The number of halogens is 4. The molecule has 5 rings (SSSR count). The number of hydrogen-bond donors (Lipinski definition) is 3. The van der Waals surface area contributed by atoms with Gasteiger partial charge in [0.05, 0.1) is 25.4 Å². The van der Waals surface area contributed by atoms with Gasteiger partial charge in [0.25, 0.3) is 0 Å². The molecule has 2 aliphatic rings. The molecular formula is C28H31F4N5O. The van der Waals surface area contributed by atoms with Crippen LogP contribution in [0.5, 0.6) is 0 Å². The number of likely N-dealkylation sites (tertiary alicyclic amines) is 1. The minimum Gasteiger partial charge on any atom is -0.392 e. The van der Waals surface area contributed by atoms with Gasteiger partial charge < -0.3 is 15.4 Å². The molecule has 2 aromatic carbocycles. The van der Waals surface area contributed by atoms with Crippen molar-refractivity contribution in [1.29, 1.82) is 5.26 Å². The SMILES string of the molecule is C[C@@H]1Cc2c([nH]c3ccccc23)C(c2c(F)cc(NC3CN(CCCF)C3)cc2F)N1CC(F)(C#N)CO. The largest absolute Gasteiger partial charge is 0.392 e. The molecule has 1 saturated heterocycles.